The van der Waals surface area contributed by atoms with Gasteiger partial charge in [0.05, 0.1) is 0 Å². The fourth-order valence-electron chi connectivity index (χ4n) is 3.63. The van der Waals surface area contributed by atoms with E-state index in [9.17, 15) is 4.79 Å². The van der Waals surface area contributed by atoms with Crippen molar-refractivity contribution in [1.29, 1.82) is 0 Å². The summed E-state index contributed by atoms with van der Waals surface area (Å²) in [7, 11) is 0. The summed E-state index contributed by atoms with van der Waals surface area (Å²) in [4.78, 5) is 17.3. The first-order valence-electron chi connectivity index (χ1n) is 10.1. The van der Waals surface area contributed by atoms with Crippen LogP contribution < -0.4 is 9.64 Å². The standard InChI is InChI=1S/C25H26N2O2/c1-20-7-5-11-23(17-20)26-13-15-27(16-14-26)25(28)22-10-6-12-24(18-22)29-19-21-8-3-2-4-9-21/h2-12,17-18H,13-16,19H2,1H3. The zero-order chi connectivity index (χ0) is 20.1. The molecule has 0 atom stereocenters. The van der Waals surface area contributed by atoms with Gasteiger partial charge in [0.1, 0.15) is 12.4 Å². The van der Waals surface area contributed by atoms with Crippen molar-refractivity contribution in [2.24, 2.45) is 0 Å². The molecule has 0 N–H and O–H groups in total. The van der Waals surface area contributed by atoms with E-state index in [0.717, 1.165) is 37.5 Å². The van der Waals surface area contributed by atoms with Crippen LogP contribution in [-0.2, 0) is 6.61 Å². The van der Waals surface area contributed by atoms with E-state index in [1.807, 2.05) is 59.5 Å². The second-order valence-electron chi connectivity index (χ2n) is 7.42. The van der Waals surface area contributed by atoms with Crippen LogP contribution in [0.15, 0.2) is 78.9 Å². The zero-order valence-electron chi connectivity index (χ0n) is 16.8. The predicted octanol–water partition coefficient (Wildman–Crippen LogP) is 4.54. The third-order valence-corrected chi connectivity index (χ3v) is 5.26. The van der Waals surface area contributed by atoms with E-state index in [0.29, 0.717) is 12.2 Å². The maximum Gasteiger partial charge on any atom is 0.254 e. The average Bonchev–Trinajstić information content (AvgIpc) is 2.78. The first kappa shape index (κ1) is 19.1. The number of hydrogen-bond acceptors (Lipinski definition) is 3. The number of aryl methyl sites for hydroxylation is 1. The van der Waals surface area contributed by atoms with Gasteiger partial charge in [-0.05, 0) is 48.4 Å². The Morgan fingerprint density at radius 2 is 1.62 bits per heavy atom. The maximum absolute atomic E-state index is 13.0. The molecule has 1 saturated heterocycles. The molecule has 29 heavy (non-hydrogen) atoms. The molecule has 4 nitrogen and oxygen atoms in total. The van der Waals surface area contributed by atoms with Gasteiger partial charge in [-0.15, -0.1) is 0 Å². The molecule has 3 aromatic carbocycles. The van der Waals surface area contributed by atoms with Crippen LogP contribution in [0, 0.1) is 6.92 Å². The summed E-state index contributed by atoms with van der Waals surface area (Å²) in [5, 5.41) is 0. The molecule has 0 spiro atoms. The smallest absolute Gasteiger partial charge is 0.254 e. The molecular weight excluding hydrogens is 360 g/mol. The maximum atomic E-state index is 13.0. The van der Waals surface area contributed by atoms with Crippen LogP contribution in [0.3, 0.4) is 0 Å². The number of anilines is 1. The Labute approximate surface area is 172 Å². The highest BCUT2D eigenvalue weighted by atomic mass is 16.5. The van der Waals surface area contributed by atoms with Crippen molar-refractivity contribution in [3.63, 3.8) is 0 Å². The van der Waals surface area contributed by atoms with Gasteiger partial charge in [-0.1, -0.05) is 48.5 Å². The van der Waals surface area contributed by atoms with E-state index in [2.05, 4.69) is 36.1 Å². The molecule has 1 fully saturated rings. The summed E-state index contributed by atoms with van der Waals surface area (Å²) in [6, 6.07) is 26.1. The monoisotopic (exact) mass is 386 g/mol. The highest BCUT2D eigenvalue weighted by molar-refractivity contribution is 5.94. The minimum Gasteiger partial charge on any atom is -0.489 e. The largest absolute Gasteiger partial charge is 0.489 e. The molecular formula is C25H26N2O2. The summed E-state index contributed by atoms with van der Waals surface area (Å²) >= 11 is 0. The molecule has 0 bridgehead atoms. The summed E-state index contributed by atoms with van der Waals surface area (Å²) in [5.41, 5.74) is 4.28. The highest BCUT2D eigenvalue weighted by Gasteiger charge is 2.22. The number of carbonyl (C=O) groups is 1. The third-order valence-electron chi connectivity index (χ3n) is 5.26. The van der Waals surface area contributed by atoms with Crippen molar-refractivity contribution in [1.82, 2.24) is 4.90 Å². The fraction of sp³-hybridized carbons (Fsp3) is 0.240. The molecule has 1 heterocycles. The van der Waals surface area contributed by atoms with Gasteiger partial charge in [-0.25, -0.2) is 0 Å². The molecule has 1 aliphatic heterocycles. The van der Waals surface area contributed by atoms with Crippen LogP contribution in [0.25, 0.3) is 0 Å². The van der Waals surface area contributed by atoms with Gasteiger partial charge in [0.2, 0.25) is 0 Å². The Morgan fingerprint density at radius 1 is 0.862 bits per heavy atom. The van der Waals surface area contributed by atoms with E-state index in [4.69, 9.17) is 4.74 Å². The summed E-state index contributed by atoms with van der Waals surface area (Å²) in [6.45, 7) is 5.74. The molecule has 0 saturated carbocycles. The van der Waals surface area contributed by atoms with Crippen molar-refractivity contribution < 1.29 is 9.53 Å². The molecule has 1 aliphatic rings. The number of amides is 1. The van der Waals surface area contributed by atoms with Crippen LogP contribution in [0.4, 0.5) is 5.69 Å². The van der Waals surface area contributed by atoms with Gasteiger partial charge in [-0.2, -0.15) is 0 Å². The number of benzene rings is 3. The highest BCUT2D eigenvalue weighted by Crippen LogP contribution is 2.20. The summed E-state index contributed by atoms with van der Waals surface area (Å²) < 4.78 is 5.88. The van der Waals surface area contributed by atoms with Crippen LogP contribution in [0.2, 0.25) is 0 Å². The van der Waals surface area contributed by atoms with Crippen LogP contribution >= 0.6 is 0 Å². The lowest BCUT2D eigenvalue weighted by atomic mass is 10.1. The van der Waals surface area contributed by atoms with Crippen LogP contribution in [0.5, 0.6) is 5.75 Å². The lowest BCUT2D eigenvalue weighted by Gasteiger charge is -2.36. The molecule has 1 amide bonds. The number of ether oxygens (including phenoxy) is 1. The lowest BCUT2D eigenvalue weighted by Crippen LogP contribution is -2.48. The minimum absolute atomic E-state index is 0.0686. The van der Waals surface area contributed by atoms with Gasteiger partial charge in [-0.3, -0.25) is 4.79 Å². The van der Waals surface area contributed by atoms with Crippen LogP contribution in [0.1, 0.15) is 21.5 Å². The van der Waals surface area contributed by atoms with E-state index >= 15 is 0 Å². The summed E-state index contributed by atoms with van der Waals surface area (Å²) in [5.74, 6) is 0.789. The van der Waals surface area contributed by atoms with Gasteiger partial charge in [0.25, 0.3) is 5.91 Å². The number of piperazine rings is 1. The Bertz CT molecular complexity index is 963. The third kappa shape index (κ3) is 4.77. The van der Waals surface area contributed by atoms with E-state index in [-0.39, 0.29) is 5.91 Å². The molecule has 148 valence electrons. The number of carbonyl (C=O) groups excluding carboxylic acids is 1. The normalized spacial score (nSPS) is 14.0. The SMILES string of the molecule is Cc1cccc(N2CCN(C(=O)c3cccc(OCc4ccccc4)c3)CC2)c1. The van der Waals surface area contributed by atoms with Crippen molar-refractivity contribution >= 4 is 11.6 Å². The first-order valence-corrected chi connectivity index (χ1v) is 10.1. The molecule has 4 rings (SSSR count). The predicted molar refractivity (Wildman–Crippen MR) is 117 cm³/mol. The van der Waals surface area contributed by atoms with Gasteiger partial charge in [0, 0.05) is 37.4 Å². The molecule has 0 aliphatic carbocycles. The fourth-order valence-corrected chi connectivity index (χ4v) is 3.63. The van der Waals surface area contributed by atoms with E-state index in [1.54, 1.807) is 0 Å². The van der Waals surface area contributed by atoms with Gasteiger partial charge >= 0.3 is 0 Å². The molecule has 3 aromatic rings. The molecule has 0 aromatic heterocycles. The topological polar surface area (TPSA) is 32.8 Å². The minimum atomic E-state index is 0.0686. The van der Waals surface area contributed by atoms with Crippen LogP contribution in [-0.4, -0.2) is 37.0 Å². The quantitative estimate of drug-likeness (QED) is 0.646. The van der Waals surface area contributed by atoms with E-state index in [1.165, 1.54) is 11.3 Å². The zero-order valence-corrected chi connectivity index (χ0v) is 16.8. The van der Waals surface area contributed by atoms with E-state index < -0.39 is 0 Å². The first-order chi connectivity index (χ1) is 14.2. The Hall–Kier alpha value is -3.27. The second kappa shape index (κ2) is 8.82. The summed E-state index contributed by atoms with van der Waals surface area (Å²) in [6.07, 6.45) is 0. The average molecular weight is 386 g/mol. The molecule has 0 unspecified atom stereocenters. The Balaban J connectivity index is 1.36. The molecule has 0 radical (unpaired) electrons. The van der Waals surface area contributed by atoms with Gasteiger partial charge < -0.3 is 14.5 Å². The Kier molecular flexibility index (Phi) is 5.80. The Morgan fingerprint density at radius 3 is 2.38 bits per heavy atom. The number of hydrogen-bond donors (Lipinski definition) is 0. The van der Waals surface area contributed by atoms with Gasteiger partial charge in [0.15, 0.2) is 0 Å². The second-order valence-corrected chi connectivity index (χ2v) is 7.42. The van der Waals surface area contributed by atoms with Crippen molar-refractivity contribution in [2.75, 3.05) is 31.1 Å². The van der Waals surface area contributed by atoms with Crippen molar-refractivity contribution in [2.45, 2.75) is 13.5 Å². The lowest BCUT2D eigenvalue weighted by molar-refractivity contribution is 0.0746. The number of rotatable bonds is 5. The molecule has 4 heteroatoms. The van der Waals surface area contributed by atoms with Crippen molar-refractivity contribution in [3.05, 3.63) is 95.6 Å². The van der Waals surface area contributed by atoms with Crippen molar-refractivity contribution in [3.8, 4) is 5.75 Å². The number of nitrogens with zero attached hydrogens (tertiary/aromatic N) is 2.